The topological polar surface area (TPSA) is 55.3 Å². The first-order valence-corrected chi connectivity index (χ1v) is 8.60. The third kappa shape index (κ3) is 4.32. The summed E-state index contributed by atoms with van der Waals surface area (Å²) in [7, 11) is 1.51. The van der Waals surface area contributed by atoms with E-state index in [1.807, 2.05) is 11.0 Å². The van der Waals surface area contributed by atoms with Crippen LogP contribution in [0.4, 0.5) is 4.39 Å². The van der Waals surface area contributed by atoms with Crippen LogP contribution in [0.5, 0.6) is 5.88 Å². The predicted octanol–water partition coefficient (Wildman–Crippen LogP) is 3.25. The smallest absolute Gasteiger partial charge is 0.274 e. The Kier molecular flexibility index (Phi) is 5.58. The maximum absolute atomic E-state index is 13.4. The standard InChI is InChI=1S/C19H22FN3O2/c1-25-18-10-9-17(21-22-18)19(24)23(16-7-2-3-8-16)12-11-14-5-4-6-15(20)13-14/h4-6,9-10,13,16H,2-3,7-8,11-12H2,1H3. The van der Waals surface area contributed by atoms with E-state index in [9.17, 15) is 9.18 Å². The van der Waals surface area contributed by atoms with Crippen molar-refractivity contribution in [1.29, 1.82) is 0 Å². The second kappa shape index (κ2) is 8.05. The molecule has 0 bridgehead atoms. The lowest BCUT2D eigenvalue weighted by atomic mass is 10.1. The molecule has 0 aliphatic heterocycles. The van der Waals surface area contributed by atoms with Crippen molar-refractivity contribution in [2.24, 2.45) is 0 Å². The van der Waals surface area contributed by atoms with Gasteiger partial charge in [-0.05, 0) is 43.0 Å². The largest absolute Gasteiger partial charge is 0.480 e. The van der Waals surface area contributed by atoms with Gasteiger partial charge in [-0.3, -0.25) is 4.79 Å². The molecule has 1 aromatic carbocycles. The molecule has 2 aromatic rings. The number of ether oxygens (including phenoxy) is 1. The van der Waals surface area contributed by atoms with Crippen LogP contribution in [0, 0.1) is 5.82 Å². The molecule has 0 N–H and O–H groups in total. The molecule has 0 atom stereocenters. The highest BCUT2D eigenvalue weighted by Crippen LogP contribution is 2.25. The number of benzene rings is 1. The summed E-state index contributed by atoms with van der Waals surface area (Å²) in [6.07, 6.45) is 4.87. The zero-order valence-corrected chi connectivity index (χ0v) is 14.3. The van der Waals surface area contributed by atoms with Crippen LogP contribution in [-0.4, -0.2) is 40.7 Å². The van der Waals surface area contributed by atoms with Crippen LogP contribution in [0.1, 0.15) is 41.7 Å². The number of hydrogen-bond donors (Lipinski definition) is 0. The number of carbonyl (C=O) groups is 1. The van der Waals surface area contributed by atoms with E-state index < -0.39 is 0 Å². The van der Waals surface area contributed by atoms with Gasteiger partial charge in [-0.25, -0.2) is 4.39 Å². The summed E-state index contributed by atoms with van der Waals surface area (Å²) in [5.41, 5.74) is 1.20. The van der Waals surface area contributed by atoms with Crippen molar-refractivity contribution in [2.75, 3.05) is 13.7 Å². The molecular weight excluding hydrogens is 321 g/mol. The number of carbonyl (C=O) groups excluding carboxylic acids is 1. The molecule has 0 radical (unpaired) electrons. The van der Waals surface area contributed by atoms with Crippen LogP contribution in [0.15, 0.2) is 36.4 Å². The summed E-state index contributed by atoms with van der Waals surface area (Å²) in [4.78, 5) is 14.8. The number of amides is 1. The SMILES string of the molecule is COc1ccc(C(=O)N(CCc2cccc(F)c2)C2CCCC2)nn1. The lowest BCUT2D eigenvalue weighted by molar-refractivity contribution is 0.0676. The van der Waals surface area contributed by atoms with Gasteiger partial charge in [-0.1, -0.05) is 25.0 Å². The number of aromatic nitrogens is 2. The molecule has 0 unspecified atom stereocenters. The summed E-state index contributed by atoms with van der Waals surface area (Å²) >= 11 is 0. The van der Waals surface area contributed by atoms with Gasteiger partial charge < -0.3 is 9.64 Å². The fourth-order valence-corrected chi connectivity index (χ4v) is 3.30. The second-order valence-electron chi connectivity index (χ2n) is 6.28. The molecule has 1 aromatic heterocycles. The van der Waals surface area contributed by atoms with Gasteiger partial charge in [0.15, 0.2) is 5.69 Å². The van der Waals surface area contributed by atoms with Gasteiger partial charge >= 0.3 is 0 Å². The quantitative estimate of drug-likeness (QED) is 0.808. The molecule has 0 saturated heterocycles. The number of methoxy groups -OCH3 is 1. The third-order valence-electron chi connectivity index (χ3n) is 4.63. The lowest BCUT2D eigenvalue weighted by Crippen LogP contribution is -2.40. The van der Waals surface area contributed by atoms with E-state index in [-0.39, 0.29) is 17.8 Å². The zero-order valence-electron chi connectivity index (χ0n) is 14.3. The van der Waals surface area contributed by atoms with Gasteiger partial charge in [-0.2, -0.15) is 0 Å². The fourth-order valence-electron chi connectivity index (χ4n) is 3.30. The van der Waals surface area contributed by atoms with E-state index in [4.69, 9.17) is 4.74 Å². The van der Waals surface area contributed by atoms with Gasteiger partial charge in [0.05, 0.1) is 7.11 Å². The molecule has 132 valence electrons. The van der Waals surface area contributed by atoms with Crippen LogP contribution in [0.2, 0.25) is 0 Å². The Morgan fingerprint density at radius 3 is 2.68 bits per heavy atom. The van der Waals surface area contributed by atoms with E-state index in [2.05, 4.69) is 10.2 Å². The monoisotopic (exact) mass is 343 g/mol. The van der Waals surface area contributed by atoms with Crippen LogP contribution < -0.4 is 4.74 Å². The number of halogens is 1. The summed E-state index contributed by atoms with van der Waals surface area (Å²) in [5, 5.41) is 7.87. The molecule has 25 heavy (non-hydrogen) atoms. The van der Waals surface area contributed by atoms with Crippen molar-refractivity contribution < 1.29 is 13.9 Å². The van der Waals surface area contributed by atoms with E-state index in [0.717, 1.165) is 31.2 Å². The highest BCUT2D eigenvalue weighted by Gasteiger charge is 2.28. The Morgan fingerprint density at radius 1 is 1.24 bits per heavy atom. The first-order valence-electron chi connectivity index (χ1n) is 8.60. The molecule has 1 heterocycles. The summed E-state index contributed by atoms with van der Waals surface area (Å²) in [6, 6.07) is 10.0. The first kappa shape index (κ1) is 17.3. The minimum Gasteiger partial charge on any atom is -0.480 e. The molecule has 1 fully saturated rings. The molecule has 1 amide bonds. The molecular formula is C19H22FN3O2. The average molecular weight is 343 g/mol. The highest BCUT2D eigenvalue weighted by molar-refractivity contribution is 5.92. The van der Waals surface area contributed by atoms with Crippen molar-refractivity contribution in [3.05, 3.63) is 53.5 Å². The Balaban J connectivity index is 1.75. The molecule has 1 saturated carbocycles. The normalized spacial score (nSPS) is 14.5. The molecule has 5 nitrogen and oxygen atoms in total. The average Bonchev–Trinajstić information content (AvgIpc) is 3.16. The molecule has 1 aliphatic rings. The van der Waals surface area contributed by atoms with Crippen LogP contribution in [0.3, 0.4) is 0 Å². The predicted molar refractivity (Wildman–Crippen MR) is 92.0 cm³/mol. The Labute approximate surface area is 146 Å². The van der Waals surface area contributed by atoms with Crippen molar-refractivity contribution in [2.45, 2.75) is 38.1 Å². The minimum atomic E-state index is -0.253. The van der Waals surface area contributed by atoms with Crippen LogP contribution in [0.25, 0.3) is 0 Å². The van der Waals surface area contributed by atoms with Gasteiger partial charge in [0.1, 0.15) is 5.82 Å². The third-order valence-corrected chi connectivity index (χ3v) is 4.63. The van der Waals surface area contributed by atoms with E-state index in [1.54, 1.807) is 18.2 Å². The Bertz CT molecular complexity index is 715. The number of nitrogens with zero attached hydrogens (tertiary/aromatic N) is 3. The van der Waals surface area contributed by atoms with Crippen molar-refractivity contribution >= 4 is 5.91 Å². The summed E-state index contributed by atoms with van der Waals surface area (Å²) in [6.45, 7) is 0.542. The molecule has 0 spiro atoms. The fraction of sp³-hybridized carbons (Fsp3) is 0.421. The number of rotatable bonds is 6. The summed E-state index contributed by atoms with van der Waals surface area (Å²) < 4.78 is 18.4. The van der Waals surface area contributed by atoms with Gasteiger partial charge in [0.2, 0.25) is 5.88 Å². The van der Waals surface area contributed by atoms with E-state index in [1.165, 1.54) is 19.2 Å². The highest BCUT2D eigenvalue weighted by atomic mass is 19.1. The lowest BCUT2D eigenvalue weighted by Gasteiger charge is -2.28. The van der Waals surface area contributed by atoms with Gasteiger partial charge in [0.25, 0.3) is 5.91 Å². The maximum Gasteiger partial charge on any atom is 0.274 e. The minimum absolute atomic E-state index is 0.126. The van der Waals surface area contributed by atoms with Gasteiger partial charge in [0, 0.05) is 18.7 Å². The summed E-state index contributed by atoms with van der Waals surface area (Å²) in [5.74, 6) is -0.000512. The second-order valence-corrected chi connectivity index (χ2v) is 6.28. The van der Waals surface area contributed by atoms with Gasteiger partial charge in [-0.15, -0.1) is 10.2 Å². The number of hydrogen-bond acceptors (Lipinski definition) is 4. The zero-order chi connectivity index (χ0) is 17.6. The molecule has 3 rings (SSSR count). The Hall–Kier alpha value is -2.50. The van der Waals surface area contributed by atoms with Crippen molar-refractivity contribution in [1.82, 2.24) is 15.1 Å². The Morgan fingerprint density at radius 2 is 2.04 bits per heavy atom. The maximum atomic E-state index is 13.4. The van der Waals surface area contributed by atoms with Crippen LogP contribution in [-0.2, 0) is 6.42 Å². The first-order chi connectivity index (χ1) is 12.2. The van der Waals surface area contributed by atoms with E-state index >= 15 is 0 Å². The van der Waals surface area contributed by atoms with Crippen molar-refractivity contribution in [3.63, 3.8) is 0 Å². The molecule has 6 heteroatoms. The molecule has 1 aliphatic carbocycles. The van der Waals surface area contributed by atoms with Crippen LogP contribution >= 0.6 is 0 Å². The van der Waals surface area contributed by atoms with Crippen molar-refractivity contribution in [3.8, 4) is 5.88 Å². The van der Waals surface area contributed by atoms with E-state index in [0.29, 0.717) is 24.5 Å².